The SMILES string of the molecule is CC(C)c1c(N)nnn1Cc1ccc(Br)s1. The highest BCUT2D eigenvalue weighted by Gasteiger charge is 2.14. The molecule has 16 heavy (non-hydrogen) atoms. The molecule has 2 rings (SSSR count). The monoisotopic (exact) mass is 300 g/mol. The van der Waals surface area contributed by atoms with E-state index in [-0.39, 0.29) is 0 Å². The van der Waals surface area contributed by atoms with Gasteiger partial charge in [-0.1, -0.05) is 19.1 Å². The number of nitrogen functional groups attached to an aromatic ring is 1. The van der Waals surface area contributed by atoms with Gasteiger partial charge >= 0.3 is 0 Å². The Balaban J connectivity index is 2.28. The highest BCUT2D eigenvalue weighted by Crippen LogP contribution is 2.25. The first-order valence-corrected chi connectivity index (χ1v) is 6.62. The fraction of sp³-hybridized carbons (Fsp3) is 0.400. The van der Waals surface area contributed by atoms with Crippen molar-refractivity contribution in [1.29, 1.82) is 0 Å². The Morgan fingerprint density at radius 1 is 1.50 bits per heavy atom. The first-order chi connectivity index (χ1) is 7.58. The maximum atomic E-state index is 5.80. The van der Waals surface area contributed by atoms with E-state index in [1.807, 2.05) is 10.7 Å². The number of nitrogens with zero attached hydrogens (tertiary/aromatic N) is 3. The van der Waals surface area contributed by atoms with E-state index in [4.69, 9.17) is 5.73 Å². The lowest BCUT2D eigenvalue weighted by Gasteiger charge is -2.08. The van der Waals surface area contributed by atoms with Crippen LogP contribution in [0.25, 0.3) is 0 Å². The van der Waals surface area contributed by atoms with Gasteiger partial charge in [-0.05, 0) is 34.0 Å². The maximum Gasteiger partial charge on any atom is 0.169 e. The molecule has 0 atom stereocenters. The number of anilines is 1. The summed E-state index contributed by atoms with van der Waals surface area (Å²) in [5.74, 6) is 0.865. The van der Waals surface area contributed by atoms with Crippen LogP contribution in [-0.2, 0) is 6.54 Å². The average Bonchev–Trinajstić information content (AvgIpc) is 2.74. The number of halogens is 1. The molecule has 2 aromatic heterocycles. The van der Waals surface area contributed by atoms with Crippen LogP contribution in [-0.4, -0.2) is 15.0 Å². The quantitative estimate of drug-likeness (QED) is 0.948. The van der Waals surface area contributed by atoms with Crippen molar-refractivity contribution in [3.63, 3.8) is 0 Å². The number of thiophene rings is 1. The van der Waals surface area contributed by atoms with Gasteiger partial charge < -0.3 is 5.73 Å². The first-order valence-electron chi connectivity index (χ1n) is 5.01. The van der Waals surface area contributed by atoms with Crippen LogP contribution in [0, 0.1) is 0 Å². The summed E-state index contributed by atoms with van der Waals surface area (Å²) in [5, 5.41) is 8.00. The summed E-state index contributed by atoms with van der Waals surface area (Å²) in [4.78, 5) is 1.23. The predicted octanol–water partition coefficient (Wildman–Crippen LogP) is 2.86. The molecule has 4 nitrogen and oxygen atoms in total. The second-order valence-corrected chi connectivity index (χ2v) is 6.43. The molecule has 0 radical (unpaired) electrons. The Bertz CT molecular complexity index is 489. The van der Waals surface area contributed by atoms with Crippen LogP contribution in [0.1, 0.15) is 30.3 Å². The van der Waals surface area contributed by atoms with E-state index in [1.165, 1.54) is 4.88 Å². The summed E-state index contributed by atoms with van der Waals surface area (Å²) in [7, 11) is 0. The predicted molar refractivity (Wildman–Crippen MR) is 69.6 cm³/mol. The highest BCUT2D eigenvalue weighted by atomic mass is 79.9. The fourth-order valence-electron chi connectivity index (χ4n) is 1.63. The molecule has 0 aliphatic rings. The summed E-state index contributed by atoms with van der Waals surface area (Å²) in [6.45, 7) is 4.92. The molecular formula is C10H13BrN4S. The van der Waals surface area contributed by atoms with Gasteiger partial charge in [0.25, 0.3) is 0 Å². The second kappa shape index (κ2) is 4.55. The highest BCUT2D eigenvalue weighted by molar-refractivity contribution is 9.11. The minimum absolute atomic E-state index is 0.332. The number of hydrogen-bond donors (Lipinski definition) is 1. The number of rotatable bonds is 3. The lowest BCUT2D eigenvalue weighted by Crippen LogP contribution is -2.07. The van der Waals surface area contributed by atoms with E-state index < -0.39 is 0 Å². The zero-order valence-electron chi connectivity index (χ0n) is 9.14. The van der Waals surface area contributed by atoms with Crippen molar-refractivity contribution in [2.24, 2.45) is 0 Å². The molecule has 0 aromatic carbocycles. The normalized spacial score (nSPS) is 11.2. The molecule has 0 bridgehead atoms. The van der Waals surface area contributed by atoms with Gasteiger partial charge in [0, 0.05) is 4.88 Å². The zero-order chi connectivity index (χ0) is 11.7. The third kappa shape index (κ3) is 2.27. The van der Waals surface area contributed by atoms with Crippen molar-refractivity contribution in [3.8, 4) is 0 Å². The van der Waals surface area contributed by atoms with E-state index in [0.717, 1.165) is 16.0 Å². The van der Waals surface area contributed by atoms with Crippen LogP contribution in [0.2, 0.25) is 0 Å². The van der Waals surface area contributed by atoms with Gasteiger partial charge in [-0.3, -0.25) is 0 Å². The molecule has 2 heterocycles. The fourth-order valence-corrected chi connectivity index (χ4v) is 3.09. The summed E-state index contributed by atoms with van der Waals surface area (Å²) >= 11 is 5.15. The summed E-state index contributed by atoms with van der Waals surface area (Å²) < 4.78 is 3.00. The molecule has 0 unspecified atom stereocenters. The van der Waals surface area contributed by atoms with Gasteiger partial charge in [0.2, 0.25) is 0 Å². The molecule has 0 saturated carbocycles. The first kappa shape index (κ1) is 11.6. The molecule has 0 fully saturated rings. The Hall–Kier alpha value is -0.880. The minimum Gasteiger partial charge on any atom is -0.381 e. The topological polar surface area (TPSA) is 56.7 Å². The lowest BCUT2D eigenvalue weighted by molar-refractivity contribution is 0.603. The van der Waals surface area contributed by atoms with Crippen molar-refractivity contribution in [2.45, 2.75) is 26.3 Å². The largest absolute Gasteiger partial charge is 0.381 e. The van der Waals surface area contributed by atoms with Crippen LogP contribution in [0.4, 0.5) is 5.82 Å². The summed E-state index contributed by atoms with van der Waals surface area (Å²) in [6, 6.07) is 4.12. The van der Waals surface area contributed by atoms with Gasteiger partial charge in [0.1, 0.15) is 0 Å². The van der Waals surface area contributed by atoms with E-state index in [1.54, 1.807) is 11.3 Å². The van der Waals surface area contributed by atoms with Crippen LogP contribution < -0.4 is 5.73 Å². The van der Waals surface area contributed by atoms with Crippen LogP contribution >= 0.6 is 27.3 Å². The molecule has 2 N–H and O–H groups in total. The van der Waals surface area contributed by atoms with Crippen LogP contribution in [0.15, 0.2) is 15.9 Å². The van der Waals surface area contributed by atoms with Crippen molar-refractivity contribution < 1.29 is 0 Å². The Labute approximate surface area is 107 Å². The number of nitrogens with two attached hydrogens (primary N) is 1. The van der Waals surface area contributed by atoms with Crippen molar-refractivity contribution in [1.82, 2.24) is 15.0 Å². The standard InChI is InChI=1S/C10H13BrN4S/c1-6(2)9-10(12)13-14-15(9)5-7-3-4-8(11)16-7/h3-4,6H,5,12H2,1-2H3. The van der Waals surface area contributed by atoms with E-state index in [2.05, 4.69) is 46.2 Å². The lowest BCUT2D eigenvalue weighted by atomic mass is 10.1. The molecule has 0 spiro atoms. The number of hydrogen-bond acceptors (Lipinski definition) is 4. The van der Waals surface area contributed by atoms with Crippen LogP contribution in [0.5, 0.6) is 0 Å². The Kier molecular flexibility index (Phi) is 3.30. The maximum absolute atomic E-state index is 5.80. The minimum atomic E-state index is 0.332. The number of aromatic nitrogens is 3. The van der Waals surface area contributed by atoms with Crippen molar-refractivity contribution >= 4 is 33.1 Å². The summed E-state index contributed by atoms with van der Waals surface area (Å²) in [6.07, 6.45) is 0. The van der Waals surface area contributed by atoms with Gasteiger partial charge in [-0.25, -0.2) is 4.68 Å². The van der Waals surface area contributed by atoms with Gasteiger partial charge in [0.15, 0.2) is 5.82 Å². The molecule has 86 valence electrons. The second-order valence-electron chi connectivity index (χ2n) is 3.88. The molecule has 0 aliphatic heterocycles. The van der Waals surface area contributed by atoms with E-state index >= 15 is 0 Å². The van der Waals surface area contributed by atoms with Crippen molar-refractivity contribution in [3.05, 3.63) is 26.5 Å². The zero-order valence-corrected chi connectivity index (χ0v) is 11.5. The van der Waals surface area contributed by atoms with Gasteiger partial charge in [-0.15, -0.1) is 16.4 Å². The molecule has 0 aliphatic carbocycles. The Morgan fingerprint density at radius 3 is 2.81 bits per heavy atom. The molecule has 0 saturated heterocycles. The molecule has 6 heteroatoms. The molecule has 2 aromatic rings. The van der Waals surface area contributed by atoms with E-state index in [0.29, 0.717) is 11.7 Å². The smallest absolute Gasteiger partial charge is 0.169 e. The van der Waals surface area contributed by atoms with Gasteiger partial charge in [-0.2, -0.15) is 0 Å². The van der Waals surface area contributed by atoms with Crippen molar-refractivity contribution in [2.75, 3.05) is 5.73 Å². The average molecular weight is 301 g/mol. The third-order valence-corrected chi connectivity index (χ3v) is 3.89. The van der Waals surface area contributed by atoms with E-state index in [9.17, 15) is 0 Å². The van der Waals surface area contributed by atoms with Crippen LogP contribution in [0.3, 0.4) is 0 Å². The Morgan fingerprint density at radius 2 is 2.25 bits per heavy atom. The molecular weight excluding hydrogens is 288 g/mol. The third-order valence-electron chi connectivity index (χ3n) is 2.28. The van der Waals surface area contributed by atoms with Gasteiger partial charge in [0.05, 0.1) is 16.0 Å². The molecule has 0 amide bonds. The summed E-state index contributed by atoms with van der Waals surface area (Å²) in [5.41, 5.74) is 6.81.